The highest BCUT2D eigenvalue weighted by Gasteiger charge is 2.21. The third kappa shape index (κ3) is 3.45. The van der Waals surface area contributed by atoms with Gasteiger partial charge in [0.2, 0.25) is 0 Å². The Balaban J connectivity index is 2.39. The smallest absolute Gasteiger partial charge is 0.133 e. The summed E-state index contributed by atoms with van der Waals surface area (Å²) in [5.41, 5.74) is 3.03. The lowest BCUT2D eigenvalue weighted by Crippen LogP contribution is -2.22. The Morgan fingerprint density at radius 1 is 1.00 bits per heavy atom. The van der Waals surface area contributed by atoms with Crippen molar-refractivity contribution in [2.45, 2.75) is 26.3 Å². The van der Waals surface area contributed by atoms with Crippen molar-refractivity contribution in [3.05, 3.63) is 70.0 Å². The Hall–Kier alpha value is -1.81. The number of benzene rings is 2. The summed E-state index contributed by atoms with van der Waals surface area (Å²) in [7, 11) is 1.64. The van der Waals surface area contributed by atoms with E-state index in [-0.39, 0.29) is 5.56 Å². The summed E-state index contributed by atoms with van der Waals surface area (Å²) in [5, 5.41) is 2.91. The summed E-state index contributed by atoms with van der Waals surface area (Å²) < 4.78 is 40.8. The highest BCUT2D eigenvalue weighted by molar-refractivity contribution is 5.33. The fourth-order valence-electron chi connectivity index (χ4n) is 2.47. The molecule has 1 nitrogen and oxygen atoms in total. The maximum absolute atomic E-state index is 13.9. The molecule has 2 aromatic carbocycles. The largest absolute Gasteiger partial charge is 0.313 e. The second-order valence-electron chi connectivity index (χ2n) is 5.26. The molecule has 112 valence electrons. The summed E-state index contributed by atoms with van der Waals surface area (Å²) >= 11 is 0. The van der Waals surface area contributed by atoms with Crippen LogP contribution in [-0.2, 0) is 6.42 Å². The Morgan fingerprint density at radius 2 is 1.62 bits per heavy atom. The molecular formula is C17H18F3N. The monoisotopic (exact) mass is 293 g/mol. The Kier molecular flexibility index (Phi) is 4.68. The molecule has 0 aliphatic carbocycles. The predicted octanol–water partition coefficient (Wildman–Crippen LogP) is 4.22. The number of aryl methyl sites for hydroxylation is 2. The Morgan fingerprint density at radius 3 is 2.19 bits per heavy atom. The average molecular weight is 293 g/mol. The van der Waals surface area contributed by atoms with Gasteiger partial charge < -0.3 is 5.32 Å². The molecule has 0 spiro atoms. The van der Waals surface area contributed by atoms with Crippen LogP contribution in [0.2, 0.25) is 0 Å². The molecule has 0 saturated carbocycles. The van der Waals surface area contributed by atoms with Gasteiger partial charge in [-0.05, 0) is 38.4 Å². The van der Waals surface area contributed by atoms with Crippen molar-refractivity contribution in [1.82, 2.24) is 5.32 Å². The van der Waals surface area contributed by atoms with Gasteiger partial charge in [0.05, 0.1) is 0 Å². The molecule has 1 N–H and O–H groups in total. The second-order valence-corrected chi connectivity index (χ2v) is 5.26. The number of hydrogen-bond acceptors (Lipinski definition) is 1. The van der Waals surface area contributed by atoms with Crippen LogP contribution in [0.25, 0.3) is 0 Å². The summed E-state index contributed by atoms with van der Waals surface area (Å²) in [6, 6.07) is 6.85. The first-order valence-corrected chi connectivity index (χ1v) is 6.80. The molecule has 1 unspecified atom stereocenters. The van der Waals surface area contributed by atoms with Crippen LogP contribution in [0.1, 0.15) is 28.3 Å². The molecule has 2 aromatic rings. The standard InChI is InChI=1S/C17H18F3N/c1-10-4-5-11(2)12(6-10)7-16(21-3)17-14(19)8-13(18)9-15(17)20/h4-6,8-9,16,21H,7H2,1-3H3. The third-order valence-corrected chi connectivity index (χ3v) is 3.67. The zero-order valence-electron chi connectivity index (χ0n) is 12.3. The first-order chi connectivity index (χ1) is 9.92. The molecule has 0 radical (unpaired) electrons. The number of nitrogens with one attached hydrogen (secondary N) is 1. The minimum Gasteiger partial charge on any atom is -0.313 e. The van der Waals surface area contributed by atoms with Crippen LogP contribution in [0.15, 0.2) is 30.3 Å². The van der Waals surface area contributed by atoms with E-state index in [0.29, 0.717) is 18.6 Å². The van der Waals surface area contributed by atoms with Crippen LogP contribution in [0, 0.1) is 31.3 Å². The van der Waals surface area contributed by atoms with Crippen molar-refractivity contribution in [2.75, 3.05) is 7.05 Å². The first-order valence-electron chi connectivity index (χ1n) is 6.80. The number of hydrogen-bond donors (Lipinski definition) is 1. The molecule has 0 amide bonds. The van der Waals surface area contributed by atoms with E-state index in [1.54, 1.807) is 7.05 Å². The molecule has 0 aromatic heterocycles. The number of halogens is 3. The summed E-state index contributed by atoms with van der Waals surface area (Å²) in [6.45, 7) is 3.93. The van der Waals surface area contributed by atoms with Crippen LogP contribution in [0.4, 0.5) is 13.2 Å². The maximum atomic E-state index is 13.9. The maximum Gasteiger partial charge on any atom is 0.133 e. The molecular weight excluding hydrogens is 275 g/mol. The van der Waals surface area contributed by atoms with E-state index in [2.05, 4.69) is 5.32 Å². The molecule has 0 aliphatic heterocycles. The van der Waals surface area contributed by atoms with E-state index in [0.717, 1.165) is 16.7 Å². The topological polar surface area (TPSA) is 12.0 Å². The molecule has 2 rings (SSSR count). The van der Waals surface area contributed by atoms with Gasteiger partial charge in [-0.2, -0.15) is 0 Å². The van der Waals surface area contributed by atoms with Gasteiger partial charge in [0.15, 0.2) is 0 Å². The molecule has 1 atom stereocenters. The van der Waals surface area contributed by atoms with Crippen LogP contribution in [0.5, 0.6) is 0 Å². The van der Waals surface area contributed by atoms with Crippen molar-refractivity contribution in [1.29, 1.82) is 0 Å². The van der Waals surface area contributed by atoms with E-state index < -0.39 is 23.5 Å². The minimum absolute atomic E-state index is 0.125. The van der Waals surface area contributed by atoms with Crippen molar-refractivity contribution in [3.63, 3.8) is 0 Å². The van der Waals surface area contributed by atoms with Crippen molar-refractivity contribution < 1.29 is 13.2 Å². The van der Waals surface area contributed by atoms with Gasteiger partial charge >= 0.3 is 0 Å². The lowest BCUT2D eigenvalue weighted by Gasteiger charge is -2.19. The van der Waals surface area contributed by atoms with E-state index >= 15 is 0 Å². The van der Waals surface area contributed by atoms with Gasteiger partial charge in [-0.15, -0.1) is 0 Å². The van der Waals surface area contributed by atoms with Crippen molar-refractivity contribution in [3.8, 4) is 0 Å². The van der Waals surface area contributed by atoms with E-state index in [1.165, 1.54) is 0 Å². The van der Waals surface area contributed by atoms with Gasteiger partial charge in [-0.3, -0.25) is 0 Å². The summed E-state index contributed by atoms with van der Waals surface area (Å²) in [6.07, 6.45) is 0.434. The van der Waals surface area contributed by atoms with Crippen molar-refractivity contribution >= 4 is 0 Å². The van der Waals surface area contributed by atoms with Crippen LogP contribution < -0.4 is 5.32 Å². The van der Waals surface area contributed by atoms with E-state index in [9.17, 15) is 13.2 Å². The number of likely N-dealkylation sites (N-methyl/N-ethyl adjacent to an activating group) is 1. The molecule has 0 bridgehead atoms. The highest BCUT2D eigenvalue weighted by Crippen LogP contribution is 2.26. The first kappa shape index (κ1) is 15.6. The summed E-state index contributed by atoms with van der Waals surface area (Å²) in [5.74, 6) is -2.63. The highest BCUT2D eigenvalue weighted by atomic mass is 19.1. The Bertz CT molecular complexity index is 629. The van der Waals surface area contributed by atoms with Gasteiger partial charge in [0.25, 0.3) is 0 Å². The lowest BCUT2D eigenvalue weighted by molar-refractivity contribution is 0.474. The van der Waals surface area contributed by atoms with Crippen LogP contribution in [-0.4, -0.2) is 7.05 Å². The van der Waals surface area contributed by atoms with Gasteiger partial charge in [-0.1, -0.05) is 23.8 Å². The van der Waals surface area contributed by atoms with Gasteiger partial charge in [0, 0.05) is 23.7 Å². The molecule has 0 aliphatic rings. The zero-order chi connectivity index (χ0) is 15.6. The molecule has 0 saturated heterocycles. The quantitative estimate of drug-likeness (QED) is 0.890. The molecule has 21 heavy (non-hydrogen) atoms. The average Bonchev–Trinajstić information content (AvgIpc) is 2.40. The summed E-state index contributed by atoms with van der Waals surface area (Å²) in [4.78, 5) is 0. The minimum atomic E-state index is -0.907. The van der Waals surface area contributed by atoms with Crippen LogP contribution >= 0.6 is 0 Å². The van der Waals surface area contributed by atoms with Gasteiger partial charge in [0.1, 0.15) is 17.5 Å². The third-order valence-electron chi connectivity index (χ3n) is 3.67. The Labute approximate surface area is 122 Å². The fourth-order valence-corrected chi connectivity index (χ4v) is 2.47. The van der Waals surface area contributed by atoms with Crippen molar-refractivity contribution in [2.24, 2.45) is 0 Å². The molecule has 0 heterocycles. The van der Waals surface area contributed by atoms with E-state index in [4.69, 9.17) is 0 Å². The predicted molar refractivity (Wildman–Crippen MR) is 77.7 cm³/mol. The van der Waals surface area contributed by atoms with Crippen LogP contribution in [0.3, 0.4) is 0 Å². The number of rotatable bonds is 4. The molecule has 4 heteroatoms. The molecule has 0 fully saturated rings. The lowest BCUT2D eigenvalue weighted by atomic mass is 9.94. The van der Waals surface area contributed by atoms with Gasteiger partial charge in [-0.25, -0.2) is 13.2 Å². The van der Waals surface area contributed by atoms with E-state index in [1.807, 2.05) is 32.0 Å². The fraction of sp³-hybridized carbons (Fsp3) is 0.294. The zero-order valence-corrected chi connectivity index (χ0v) is 12.3. The second kappa shape index (κ2) is 6.31. The normalized spacial score (nSPS) is 12.5. The SMILES string of the molecule is CNC(Cc1cc(C)ccc1C)c1c(F)cc(F)cc1F.